The highest BCUT2D eigenvalue weighted by Crippen LogP contribution is 2.23. The lowest BCUT2D eigenvalue weighted by Gasteiger charge is -2.11. The molecule has 2 N–H and O–H groups in total. The van der Waals surface area contributed by atoms with Crippen LogP contribution >= 0.6 is 0 Å². The molecule has 0 unspecified atom stereocenters. The average Bonchev–Trinajstić information content (AvgIpc) is 2.39. The van der Waals surface area contributed by atoms with Crippen LogP contribution in [-0.2, 0) is 6.61 Å². The monoisotopic (exact) mass is 252 g/mol. The summed E-state index contributed by atoms with van der Waals surface area (Å²) in [6.07, 6.45) is 0. The molecule has 0 fully saturated rings. The Morgan fingerprint density at radius 1 is 1.16 bits per heavy atom. The number of hydrogen-bond acceptors (Lipinski definition) is 3. The Bertz CT molecular complexity index is 642. The van der Waals surface area contributed by atoms with Crippen LogP contribution in [0.2, 0.25) is 0 Å². The van der Waals surface area contributed by atoms with Crippen molar-refractivity contribution in [3.63, 3.8) is 0 Å². The number of nitrogens with zero attached hydrogens (tertiary/aromatic N) is 1. The van der Waals surface area contributed by atoms with Gasteiger partial charge in [-0.3, -0.25) is 0 Å². The predicted molar refractivity (Wildman–Crippen MR) is 75.8 cm³/mol. The Balaban J connectivity index is 2.13. The fourth-order valence-electron chi connectivity index (χ4n) is 1.88. The van der Waals surface area contributed by atoms with Crippen molar-refractivity contribution in [1.82, 2.24) is 0 Å². The maximum absolute atomic E-state index is 8.83. The highest BCUT2D eigenvalue weighted by atomic mass is 16.5. The first kappa shape index (κ1) is 13.0. The van der Waals surface area contributed by atoms with Gasteiger partial charge < -0.3 is 10.5 Å². The number of nitriles is 1. The molecule has 0 bridgehead atoms. The van der Waals surface area contributed by atoms with Gasteiger partial charge in [-0.05, 0) is 54.8 Å². The molecular weight excluding hydrogens is 236 g/mol. The van der Waals surface area contributed by atoms with E-state index < -0.39 is 0 Å². The minimum Gasteiger partial charge on any atom is -0.487 e. The SMILES string of the molecule is Cc1ccc(OCc2ccc(C#N)cc2C)c(N)c1. The number of nitrogens with two attached hydrogens (primary N) is 1. The maximum atomic E-state index is 8.83. The van der Waals surface area contributed by atoms with Crippen LogP contribution in [0.15, 0.2) is 36.4 Å². The summed E-state index contributed by atoms with van der Waals surface area (Å²) in [6, 6.07) is 13.4. The van der Waals surface area contributed by atoms with Crippen LogP contribution in [0.4, 0.5) is 5.69 Å². The molecule has 96 valence electrons. The second kappa shape index (κ2) is 5.45. The van der Waals surface area contributed by atoms with Gasteiger partial charge in [0.25, 0.3) is 0 Å². The number of hydrogen-bond donors (Lipinski definition) is 1. The quantitative estimate of drug-likeness (QED) is 0.852. The predicted octanol–water partition coefficient (Wildman–Crippen LogP) is 3.34. The summed E-state index contributed by atoms with van der Waals surface area (Å²) >= 11 is 0. The molecule has 0 heterocycles. The zero-order valence-corrected chi connectivity index (χ0v) is 11.1. The van der Waals surface area contributed by atoms with Crippen molar-refractivity contribution in [2.75, 3.05) is 5.73 Å². The molecule has 0 aliphatic carbocycles. The zero-order valence-electron chi connectivity index (χ0n) is 11.1. The third-order valence-electron chi connectivity index (χ3n) is 3.02. The van der Waals surface area contributed by atoms with Crippen LogP contribution in [0.1, 0.15) is 22.3 Å². The molecule has 2 aromatic carbocycles. The van der Waals surface area contributed by atoms with Gasteiger partial charge in [0.1, 0.15) is 12.4 Å². The summed E-state index contributed by atoms with van der Waals surface area (Å²) in [5.74, 6) is 0.689. The Hall–Kier alpha value is -2.47. The van der Waals surface area contributed by atoms with Crippen LogP contribution < -0.4 is 10.5 Å². The molecule has 0 aromatic heterocycles. The Morgan fingerprint density at radius 2 is 1.95 bits per heavy atom. The highest BCUT2D eigenvalue weighted by Gasteiger charge is 2.04. The average molecular weight is 252 g/mol. The second-order valence-electron chi connectivity index (χ2n) is 4.58. The van der Waals surface area contributed by atoms with Crippen molar-refractivity contribution in [1.29, 1.82) is 5.26 Å². The zero-order chi connectivity index (χ0) is 13.8. The topological polar surface area (TPSA) is 59.0 Å². The van der Waals surface area contributed by atoms with E-state index in [0.717, 1.165) is 16.7 Å². The normalized spacial score (nSPS) is 9.95. The van der Waals surface area contributed by atoms with E-state index in [4.69, 9.17) is 15.7 Å². The molecule has 19 heavy (non-hydrogen) atoms. The van der Waals surface area contributed by atoms with Gasteiger partial charge in [0.2, 0.25) is 0 Å². The third kappa shape index (κ3) is 3.05. The maximum Gasteiger partial charge on any atom is 0.142 e. The van der Waals surface area contributed by atoms with Gasteiger partial charge >= 0.3 is 0 Å². The van der Waals surface area contributed by atoms with Gasteiger partial charge in [0, 0.05) is 0 Å². The smallest absolute Gasteiger partial charge is 0.142 e. The van der Waals surface area contributed by atoms with Crippen molar-refractivity contribution in [2.24, 2.45) is 0 Å². The van der Waals surface area contributed by atoms with Crippen molar-refractivity contribution < 1.29 is 4.74 Å². The first-order chi connectivity index (χ1) is 9.10. The van der Waals surface area contributed by atoms with Crippen molar-refractivity contribution >= 4 is 5.69 Å². The minimum atomic E-state index is 0.449. The van der Waals surface area contributed by atoms with Gasteiger partial charge in [0.05, 0.1) is 17.3 Å². The first-order valence-electron chi connectivity index (χ1n) is 6.08. The molecule has 0 saturated carbocycles. The second-order valence-corrected chi connectivity index (χ2v) is 4.58. The van der Waals surface area contributed by atoms with Crippen molar-refractivity contribution in [3.8, 4) is 11.8 Å². The number of aryl methyl sites for hydroxylation is 2. The molecule has 0 saturated heterocycles. The fraction of sp³-hybridized carbons (Fsp3) is 0.188. The van der Waals surface area contributed by atoms with E-state index in [1.54, 1.807) is 6.07 Å². The number of anilines is 1. The van der Waals surface area contributed by atoms with E-state index in [0.29, 0.717) is 23.6 Å². The summed E-state index contributed by atoms with van der Waals surface area (Å²) < 4.78 is 5.72. The third-order valence-corrected chi connectivity index (χ3v) is 3.02. The van der Waals surface area contributed by atoms with E-state index in [1.165, 1.54) is 0 Å². The summed E-state index contributed by atoms with van der Waals surface area (Å²) in [4.78, 5) is 0. The van der Waals surface area contributed by atoms with E-state index in [-0.39, 0.29) is 0 Å². The molecule has 3 heteroatoms. The molecule has 0 spiro atoms. The lowest BCUT2D eigenvalue weighted by Crippen LogP contribution is -2.01. The van der Waals surface area contributed by atoms with Gasteiger partial charge in [0.15, 0.2) is 0 Å². The van der Waals surface area contributed by atoms with Crippen LogP contribution in [0.5, 0.6) is 5.75 Å². The number of nitrogen functional groups attached to an aromatic ring is 1. The van der Waals surface area contributed by atoms with Gasteiger partial charge in [-0.15, -0.1) is 0 Å². The molecule has 0 aliphatic heterocycles. The molecule has 3 nitrogen and oxygen atoms in total. The summed E-state index contributed by atoms with van der Waals surface area (Å²) in [5.41, 5.74) is 10.4. The van der Waals surface area contributed by atoms with Crippen LogP contribution in [0.3, 0.4) is 0 Å². The van der Waals surface area contributed by atoms with Crippen molar-refractivity contribution in [2.45, 2.75) is 20.5 Å². The molecule has 0 radical (unpaired) electrons. The van der Waals surface area contributed by atoms with Crippen LogP contribution in [0, 0.1) is 25.2 Å². The first-order valence-corrected chi connectivity index (χ1v) is 6.08. The molecule has 0 aliphatic rings. The molecule has 2 aromatic rings. The molecular formula is C16H16N2O. The summed E-state index contributed by atoms with van der Waals surface area (Å²) in [5, 5.41) is 8.83. The Kier molecular flexibility index (Phi) is 3.72. The van der Waals surface area contributed by atoms with Gasteiger partial charge in [-0.25, -0.2) is 0 Å². The lowest BCUT2D eigenvalue weighted by atomic mass is 10.1. The van der Waals surface area contributed by atoms with E-state index in [1.807, 2.05) is 44.2 Å². The lowest BCUT2D eigenvalue weighted by molar-refractivity contribution is 0.307. The summed E-state index contributed by atoms with van der Waals surface area (Å²) in [7, 11) is 0. The molecule has 2 rings (SSSR count). The van der Waals surface area contributed by atoms with Crippen LogP contribution in [-0.4, -0.2) is 0 Å². The van der Waals surface area contributed by atoms with E-state index in [2.05, 4.69) is 6.07 Å². The van der Waals surface area contributed by atoms with E-state index >= 15 is 0 Å². The number of ether oxygens (including phenoxy) is 1. The summed E-state index contributed by atoms with van der Waals surface area (Å²) in [6.45, 7) is 4.41. The van der Waals surface area contributed by atoms with Crippen LogP contribution in [0.25, 0.3) is 0 Å². The molecule has 0 atom stereocenters. The van der Waals surface area contributed by atoms with E-state index in [9.17, 15) is 0 Å². The number of benzene rings is 2. The Morgan fingerprint density at radius 3 is 2.58 bits per heavy atom. The van der Waals surface area contributed by atoms with Crippen molar-refractivity contribution in [3.05, 3.63) is 58.7 Å². The van der Waals surface area contributed by atoms with Gasteiger partial charge in [-0.1, -0.05) is 12.1 Å². The fourth-order valence-corrected chi connectivity index (χ4v) is 1.88. The minimum absolute atomic E-state index is 0.449. The standard InChI is InChI=1S/C16H16N2O/c1-11-3-6-16(15(18)7-11)19-10-14-5-4-13(9-17)8-12(14)2/h3-8H,10,18H2,1-2H3. The molecule has 0 amide bonds. The Labute approximate surface area is 113 Å². The number of rotatable bonds is 3. The largest absolute Gasteiger partial charge is 0.487 e. The van der Waals surface area contributed by atoms with Gasteiger partial charge in [-0.2, -0.15) is 5.26 Å². The highest BCUT2D eigenvalue weighted by molar-refractivity contribution is 5.54.